The Kier molecular flexibility index (Phi) is 5.17. The Morgan fingerprint density at radius 3 is 2.52 bits per heavy atom. The zero-order chi connectivity index (χ0) is 19.0. The molecule has 0 saturated carbocycles. The first-order valence-corrected chi connectivity index (χ1v) is 9.95. The zero-order valence-corrected chi connectivity index (χ0v) is 16.5. The number of amides is 1. The van der Waals surface area contributed by atoms with E-state index in [0.29, 0.717) is 16.6 Å². The third kappa shape index (κ3) is 3.47. The normalized spacial score (nSPS) is 18.7. The average Bonchev–Trinajstić information content (AvgIpc) is 3.01. The molecule has 0 aliphatic carbocycles. The van der Waals surface area contributed by atoms with Gasteiger partial charge in [-0.25, -0.2) is 0 Å². The number of carbonyl (C=O) groups is 1. The summed E-state index contributed by atoms with van der Waals surface area (Å²) in [6.07, 6.45) is 1.97. The molecule has 0 radical (unpaired) electrons. The maximum Gasteiger partial charge on any atom is 0.252 e. The molecule has 142 valence electrons. The molecule has 2 aliphatic rings. The number of aliphatic hydroxyl groups is 1. The van der Waals surface area contributed by atoms with Gasteiger partial charge in [-0.05, 0) is 55.3 Å². The van der Waals surface area contributed by atoms with E-state index in [0.717, 1.165) is 43.7 Å². The summed E-state index contributed by atoms with van der Waals surface area (Å²) in [6.45, 7) is 2.96. The van der Waals surface area contributed by atoms with Gasteiger partial charge in [0.1, 0.15) is 6.61 Å². The molecule has 4 nitrogen and oxygen atoms in total. The Morgan fingerprint density at radius 2 is 1.81 bits per heavy atom. The van der Waals surface area contributed by atoms with E-state index < -0.39 is 6.61 Å². The fourth-order valence-electron chi connectivity index (χ4n) is 4.40. The molecule has 2 aromatic carbocycles. The Balaban J connectivity index is 1.49. The van der Waals surface area contributed by atoms with Crippen LogP contribution in [0.25, 0.3) is 0 Å². The van der Waals surface area contributed by atoms with Crippen LogP contribution in [0, 0.1) is 0 Å². The van der Waals surface area contributed by atoms with Crippen molar-refractivity contribution in [2.75, 3.05) is 31.1 Å². The van der Waals surface area contributed by atoms with Crippen LogP contribution in [0.4, 0.5) is 5.69 Å². The monoisotopic (exact) mass is 404 g/mol. The van der Waals surface area contributed by atoms with Gasteiger partial charge >= 0.3 is 0 Å². The largest absolute Gasteiger partial charge is 0.387 e. The molecule has 1 N–H and O–H groups in total. The molecule has 0 atom stereocenters. The van der Waals surface area contributed by atoms with Gasteiger partial charge in [-0.2, -0.15) is 0 Å². The van der Waals surface area contributed by atoms with Gasteiger partial charge in [-0.1, -0.05) is 47.5 Å². The predicted octanol–water partition coefficient (Wildman–Crippen LogP) is 3.87. The number of hydrogen-bond donors (Lipinski definition) is 1. The van der Waals surface area contributed by atoms with Gasteiger partial charge in [0.15, 0.2) is 0 Å². The van der Waals surface area contributed by atoms with Crippen LogP contribution in [-0.2, 0) is 16.8 Å². The minimum atomic E-state index is -0.451. The molecule has 2 aromatic rings. The van der Waals surface area contributed by atoms with Gasteiger partial charge in [0, 0.05) is 24.2 Å². The van der Waals surface area contributed by atoms with Crippen molar-refractivity contribution in [2.24, 2.45) is 0 Å². The highest BCUT2D eigenvalue weighted by atomic mass is 35.5. The number of halogens is 2. The summed E-state index contributed by atoms with van der Waals surface area (Å²) in [6, 6.07) is 13.9. The van der Waals surface area contributed by atoms with Crippen molar-refractivity contribution in [3.8, 4) is 0 Å². The maximum atomic E-state index is 12.2. The third-order valence-electron chi connectivity index (χ3n) is 5.87. The highest BCUT2D eigenvalue weighted by Gasteiger charge is 2.45. The summed E-state index contributed by atoms with van der Waals surface area (Å²) in [5, 5.41) is 10.5. The molecule has 1 fully saturated rings. The number of hydrogen-bond acceptors (Lipinski definition) is 3. The molecule has 1 saturated heterocycles. The smallest absolute Gasteiger partial charge is 0.252 e. The minimum Gasteiger partial charge on any atom is -0.387 e. The molecule has 2 aliphatic heterocycles. The average molecular weight is 405 g/mol. The number of piperidine rings is 1. The van der Waals surface area contributed by atoms with Crippen LogP contribution in [0.15, 0.2) is 42.5 Å². The number of nitrogens with zero attached hydrogens (tertiary/aromatic N) is 2. The Labute approximate surface area is 169 Å². The maximum absolute atomic E-state index is 12.2. The molecule has 27 heavy (non-hydrogen) atoms. The fraction of sp³-hybridized carbons (Fsp3) is 0.381. The van der Waals surface area contributed by atoms with E-state index in [2.05, 4.69) is 11.0 Å². The number of carbonyl (C=O) groups excluding carboxylic acids is 1. The van der Waals surface area contributed by atoms with Gasteiger partial charge in [-0.15, -0.1) is 0 Å². The quantitative estimate of drug-likeness (QED) is 0.844. The van der Waals surface area contributed by atoms with E-state index in [9.17, 15) is 9.90 Å². The number of likely N-dealkylation sites (tertiary alicyclic amines) is 1. The van der Waals surface area contributed by atoms with E-state index in [-0.39, 0.29) is 11.3 Å². The fourth-order valence-corrected chi connectivity index (χ4v) is 4.72. The number of benzene rings is 2. The Morgan fingerprint density at radius 1 is 1.07 bits per heavy atom. The highest BCUT2D eigenvalue weighted by Crippen LogP contribution is 2.47. The van der Waals surface area contributed by atoms with E-state index in [1.807, 2.05) is 36.4 Å². The first-order valence-electron chi connectivity index (χ1n) is 9.19. The number of para-hydroxylation sites is 1. The summed E-state index contributed by atoms with van der Waals surface area (Å²) in [5.41, 5.74) is 3.33. The van der Waals surface area contributed by atoms with Crippen molar-refractivity contribution in [3.63, 3.8) is 0 Å². The van der Waals surface area contributed by atoms with Crippen molar-refractivity contribution >= 4 is 34.8 Å². The van der Waals surface area contributed by atoms with E-state index in [1.165, 1.54) is 5.56 Å². The Hall–Kier alpha value is -1.59. The first kappa shape index (κ1) is 18.8. The number of aliphatic hydroxyl groups excluding tert-OH is 1. The summed E-state index contributed by atoms with van der Waals surface area (Å²) < 4.78 is 0. The molecule has 4 rings (SSSR count). The molecular formula is C21H22Cl2N2O2. The van der Waals surface area contributed by atoms with Crippen molar-refractivity contribution in [1.82, 2.24) is 4.90 Å². The molecule has 2 heterocycles. The van der Waals surface area contributed by atoms with E-state index >= 15 is 0 Å². The van der Waals surface area contributed by atoms with Crippen LogP contribution in [0.3, 0.4) is 0 Å². The molecule has 6 heteroatoms. The van der Waals surface area contributed by atoms with Crippen LogP contribution >= 0.6 is 23.2 Å². The molecular weight excluding hydrogens is 383 g/mol. The van der Waals surface area contributed by atoms with Crippen molar-refractivity contribution in [3.05, 3.63) is 63.6 Å². The molecule has 1 amide bonds. The number of fused-ring (bicyclic) bond motifs is 2. The Bertz CT molecular complexity index is 863. The first-order chi connectivity index (χ1) is 13.0. The summed E-state index contributed by atoms with van der Waals surface area (Å²) in [5.74, 6) is -0.224. The van der Waals surface area contributed by atoms with Gasteiger partial charge in [-0.3, -0.25) is 9.69 Å². The minimum absolute atomic E-state index is 0.0183. The van der Waals surface area contributed by atoms with Crippen molar-refractivity contribution in [2.45, 2.75) is 24.8 Å². The van der Waals surface area contributed by atoms with Crippen LogP contribution in [-0.4, -0.2) is 42.2 Å². The van der Waals surface area contributed by atoms with Crippen molar-refractivity contribution < 1.29 is 9.90 Å². The van der Waals surface area contributed by atoms with Gasteiger partial charge < -0.3 is 10.0 Å². The molecule has 0 bridgehead atoms. The number of rotatable bonds is 3. The second kappa shape index (κ2) is 7.44. The second-order valence-electron chi connectivity index (χ2n) is 7.46. The highest BCUT2D eigenvalue weighted by molar-refractivity contribution is 6.42. The lowest BCUT2D eigenvalue weighted by atomic mass is 9.74. The van der Waals surface area contributed by atoms with Crippen LogP contribution in [0.1, 0.15) is 24.0 Å². The summed E-state index contributed by atoms with van der Waals surface area (Å²) in [4.78, 5) is 16.4. The molecule has 0 unspecified atom stereocenters. The van der Waals surface area contributed by atoms with Gasteiger partial charge in [0.2, 0.25) is 0 Å². The summed E-state index contributed by atoms with van der Waals surface area (Å²) in [7, 11) is 0. The zero-order valence-electron chi connectivity index (χ0n) is 15.0. The standard InChI is InChI=1S/C21H22Cl2N2O2/c22-17-6-5-15(11-18(17)23)12-24-9-7-21(8-10-24)14-25(20(27)13-26)19-4-2-1-3-16(19)21/h1-6,11,26H,7-10,12-14H2. The van der Waals surface area contributed by atoms with E-state index in [4.69, 9.17) is 23.2 Å². The van der Waals surface area contributed by atoms with Gasteiger partial charge in [0.05, 0.1) is 10.0 Å². The van der Waals surface area contributed by atoms with Crippen molar-refractivity contribution in [1.29, 1.82) is 0 Å². The second-order valence-corrected chi connectivity index (χ2v) is 8.27. The lowest BCUT2D eigenvalue weighted by Gasteiger charge is -2.40. The van der Waals surface area contributed by atoms with E-state index in [1.54, 1.807) is 4.90 Å². The third-order valence-corrected chi connectivity index (χ3v) is 6.61. The topological polar surface area (TPSA) is 43.8 Å². The van der Waals surface area contributed by atoms with Gasteiger partial charge in [0.25, 0.3) is 5.91 Å². The lowest BCUT2D eigenvalue weighted by Crippen LogP contribution is -2.46. The van der Waals surface area contributed by atoms with Crippen LogP contribution < -0.4 is 4.90 Å². The van der Waals surface area contributed by atoms with Crippen LogP contribution in [0.2, 0.25) is 10.0 Å². The molecule has 0 aromatic heterocycles. The summed E-state index contributed by atoms with van der Waals surface area (Å²) >= 11 is 12.1. The SMILES string of the molecule is O=C(CO)N1CC2(CCN(Cc3ccc(Cl)c(Cl)c3)CC2)c2ccccc21. The number of anilines is 1. The molecule has 1 spiro atoms. The predicted molar refractivity (Wildman–Crippen MR) is 109 cm³/mol. The lowest BCUT2D eigenvalue weighted by molar-refractivity contribution is -0.121. The van der Waals surface area contributed by atoms with Crippen LogP contribution in [0.5, 0.6) is 0 Å².